The van der Waals surface area contributed by atoms with Gasteiger partial charge in [0.1, 0.15) is 23.7 Å². The lowest BCUT2D eigenvalue weighted by molar-refractivity contribution is -0.147. The van der Waals surface area contributed by atoms with E-state index < -0.39 is 78.4 Å². The molecule has 4 amide bonds. The second-order valence-electron chi connectivity index (χ2n) is 12.3. The minimum Gasteiger partial charge on any atom is -0.479 e. The Kier molecular flexibility index (Phi) is 9.40. The van der Waals surface area contributed by atoms with Crippen LogP contribution in [0.25, 0.3) is 0 Å². The fraction of sp³-hybridized carbons (Fsp3) is 0.581. The first kappa shape index (κ1) is 32.3. The monoisotopic (exact) mass is 634 g/mol. The summed E-state index contributed by atoms with van der Waals surface area (Å²) >= 11 is 0. The molecule has 244 valence electrons. The van der Waals surface area contributed by atoms with E-state index in [1.54, 1.807) is 6.08 Å². The summed E-state index contributed by atoms with van der Waals surface area (Å²) in [5.41, 5.74) is 0.405. The Balaban J connectivity index is 1.35. The summed E-state index contributed by atoms with van der Waals surface area (Å²) < 4.78 is 44.0. The lowest BCUT2D eigenvalue weighted by Crippen LogP contribution is -2.56. The van der Waals surface area contributed by atoms with Crippen molar-refractivity contribution in [2.75, 3.05) is 6.54 Å². The Bertz CT molecular complexity index is 1340. The van der Waals surface area contributed by atoms with Gasteiger partial charge in [0.25, 0.3) is 0 Å². The number of nitrogens with one attached hydrogen (secondary N) is 2. The maximum absolute atomic E-state index is 13.9. The molecule has 4 aliphatic rings. The molecule has 11 nitrogen and oxygen atoms in total. The predicted octanol–water partition coefficient (Wildman–Crippen LogP) is 3.42. The molecule has 1 saturated carbocycles. The highest BCUT2D eigenvalue weighted by Gasteiger charge is 2.61. The molecule has 5 rings (SSSR count). The standard InChI is InChI=1S/C31H37F3N4O7/c32-31(33,34)13-12-25(39)35-23-11-5-3-1-2-4-10-21-15-30(21,28(42)43)36-26(40)24-14-22(18-38(24)27(23)41)45-29(44)37-16-19-8-6-7-9-20(19)17-37/h4,6-10,21-24H,1-3,5,11-18H2,(H,35,39)(H,36,40)(H,42,43)/b10-4-/t21-,22-,23+,24+,30-/m1/s1. The number of ether oxygens (including phenoxy) is 1. The summed E-state index contributed by atoms with van der Waals surface area (Å²) in [7, 11) is 0. The molecule has 3 aliphatic heterocycles. The van der Waals surface area contributed by atoms with Crippen LogP contribution in [0.4, 0.5) is 18.0 Å². The van der Waals surface area contributed by atoms with Gasteiger partial charge in [-0.05, 0) is 36.8 Å². The lowest BCUT2D eigenvalue weighted by Gasteiger charge is -2.29. The molecule has 0 radical (unpaired) electrons. The van der Waals surface area contributed by atoms with Crippen LogP contribution in [0.15, 0.2) is 36.4 Å². The van der Waals surface area contributed by atoms with Crippen molar-refractivity contribution in [2.24, 2.45) is 5.92 Å². The van der Waals surface area contributed by atoms with E-state index in [1.165, 1.54) is 4.90 Å². The normalized spacial score (nSPS) is 29.3. The first-order chi connectivity index (χ1) is 21.4. The number of rotatable bonds is 5. The molecule has 1 saturated heterocycles. The quantitative estimate of drug-likeness (QED) is 0.421. The molecule has 1 aromatic carbocycles. The fourth-order valence-corrected chi connectivity index (χ4v) is 6.35. The smallest absolute Gasteiger partial charge is 0.410 e. The number of nitrogens with zero attached hydrogens (tertiary/aromatic N) is 2. The van der Waals surface area contributed by atoms with Crippen molar-refractivity contribution in [1.29, 1.82) is 0 Å². The van der Waals surface area contributed by atoms with Crippen LogP contribution < -0.4 is 10.6 Å². The number of hydrogen-bond donors (Lipinski definition) is 3. The van der Waals surface area contributed by atoms with E-state index in [2.05, 4.69) is 10.6 Å². The Morgan fingerprint density at radius 2 is 1.80 bits per heavy atom. The van der Waals surface area contributed by atoms with Gasteiger partial charge in [-0.25, -0.2) is 9.59 Å². The average Bonchev–Trinajstić information content (AvgIpc) is 3.30. The van der Waals surface area contributed by atoms with E-state index in [1.807, 2.05) is 30.3 Å². The summed E-state index contributed by atoms with van der Waals surface area (Å²) in [5.74, 6) is -4.04. The minimum atomic E-state index is -4.55. The number of halogens is 3. The van der Waals surface area contributed by atoms with Crippen molar-refractivity contribution in [3.05, 3.63) is 47.5 Å². The number of carbonyl (C=O) groups excluding carboxylic acids is 4. The SMILES string of the molecule is O=C(CCC(F)(F)F)N[C@H]1CCCCC/C=C\[C@@H]2C[C@@]2(C(=O)O)NC(=O)[C@@H]2C[C@@H](OC(=O)N3Cc4ccccc4C3)CN2C1=O. The number of benzene rings is 1. The van der Waals surface area contributed by atoms with Gasteiger partial charge in [0.05, 0.1) is 13.0 Å². The molecular weight excluding hydrogens is 597 g/mol. The van der Waals surface area contributed by atoms with Crippen molar-refractivity contribution in [1.82, 2.24) is 20.4 Å². The van der Waals surface area contributed by atoms with E-state index >= 15 is 0 Å². The topological polar surface area (TPSA) is 145 Å². The number of carboxylic acid groups (broad SMARTS) is 1. The molecule has 0 unspecified atom stereocenters. The van der Waals surface area contributed by atoms with E-state index in [0.29, 0.717) is 38.8 Å². The molecule has 45 heavy (non-hydrogen) atoms. The second kappa shape index (κ2) is 13.1. The number of hydrogen-bond acceptors (Lipinski definition) is 6. The average molecular weight is 635 g/mol. The van der Waals surface area contributed by atoms with Crippen molar-refractivity contribution < 1.29 is 47.0 Å². The van der Waals surface area contributed by atoms with Gasteiger partial charge in [-0.2, -0.15) is 13.2 Å². The van der Waals surface area contributed by atoms with Crippen molar-refractivity contribution in [3.63, 3.8) is 0 Å². The van der Waals surface area contributed by atoms with E-state index in [0.717, 1.165) is 16.0 Å². The van der Waals surface area contributed by atoms with Gasteiger partial charge in [0.15, 0.2) is 0 Å². The Labute approximate surface area is 258 Å². The van der Waals surface area contributed by atoms with Crippen LogP contribution in [0, 0.1) is 5.92 Å². The molecule has 14 heteroatoms. The number of carboxylic acids is 1. The molecule has 3 heterocycles. The third-order valence-corrected chi connectivity index (χ3v) is 8.96. The summed E-state index contributed by atoms with van der Waals surface area (Å²) in [6.07, 6.45) is -2.02. The zero-order chi connectivity index (χ0) is 32.4. The van der Waals surface area contributed by atoms with Gasteiger partial charge in [-0.3, -0.25) is 19.3 Å². The van der Waals surface area contributed by atoms with Crippen LogP contribution in [0.2, 0.25) is 0 Å². The van der Waals surface area contributed by atoms with Crippen molar-refractivity contribution in [3.8, 4) is 0 Å². The number of allylic oxidation sites excluding steroid dienone is 1. The Hall–Kier alpha value is -4.10. The van der Waals surface area contributed by atoms with E-state index in [-0.39, 0.29) is 25.8 Å². The molecule has 0 spiro atoms. The van der Waals surface area contributed by atoms with Gasteiger partial charge in [-0.15, -0.1) is 0 Å². The molecule has 0 aromatic heterocycles. The summed E-state index contributed by atoms with van der Waals surface area (Å²) in [4.78, 5) is 68.1. The Morgan fingerprint density at radius 1 is 1.09 bits per heavy atom. The van der Waals surface area contributed by atoms with Crippen LogP contribution in [-0.4, -0.2) is 81.1 Å². The molecule has 1 aliphatic carbocycles. The van der Waals surface area contributed by atoms with Gasteiger partial charge < -0.3 is 25.4 Å². The summed E-state index contributed by atoms with van der Waals surface area (Å²) in [5, 5.41) is 15.0. The van der Waals surface area contributed by atoms with Crippen LogP contribution >= 0.6 is 0 Å². The van der Waals surface area contributed by atoms with Gasteiger partial charge >= 0.3 is 18.2 Å². The lowest BCUT2D eigenvalue weighted by atomic mass is 10.0. The van der Waals surface area contributed by atoms with Crippen LogP contribution in [0.1, 0.15) is 68.9 Å². The summed E-state index contributed by atoms with van der Waals surface area (Å²) in [6.45, 7) is 0.453. The molecule has 1 aromatic rings. The zero-order valence-corrected chi connectivity index (χ0v) is 24.7. The zero-order valence-electron chi connectivity index (χ0n) is 24.7. The highest BCUT2D eigenvalue weighted by molar-refractivity contribution is 5.96. The minimum absolute atomic E-state index is 0.116. The summed E-state index contributed by atoms with van der Waals surface area (Å²) in [6, 6.07) is 5.09. The molecule has 0 bridgehead atoms. The predicted molar refractivity (Wildman–Crippen MR) is 152 cm³/mol. The van der Waals surface area contributed by atoms with Gasteiger partial charge in [-0.1, -0.05) is 49.3 Å². The van der Waals surface area contributed by atoms with Crippen molar-refractivity contribution in [2.45, 2.75) is 101 Å². The third kappa shape index (κ3) is 7.59. The molecular formula is C31H37F3N4O7. The fourth-order valence-electron chi connectivity index (χ4n) is 6.35. The first-order valence-electron chi connectivity index (χ1n) is 15.3. The number of aliphatic carboxylic acids is 1. The first-order valence-corrected chi connectivity index (χ1v) is 15.3. The largest absolute Gasteiger partial charge is 0.479 e. The maximum atomic E-state index is 13.9. The highest BCUT2D eigenvalue weighted by atomic mass is 19.4. The molecule has 5 atom stereocenters. The third-order valence-electron chi connectivity index (χ3n) is 8.96. The molecule has 3 N–H and O–H groups in total. The Morgan fingerprint density at radius 3 is 2.47 bits per heavy atom. The van der Waals surface area contributed by atoms with Crippen LogP contribution in [0.5, 0.6) is 0 Å². The van der Waals surface area contributed by atoms with E-state index in [4.69, 9.17) is 4.74 Å². The molecule has 2 fully saturated rings. The van der Waals surface area contributed by atoms with Gasteiger partial charge in [0.2, 0.25) is 17.7 Å². The van der Waals surface area contributed by atoms with Gasteiger partial charge in [0, 0.05) is 31.8 Å². The number of carbonyl (C=O) groups is 5. The number of alkyl halides is 3. The highest BCUT2D eigenvalue weighted by Crippen LogP contribution is 2.45. The van der Waals surface area contributed by atoms with E-state index in [9.17, 15) is 42.3 Å². The number of fused-ring (bicyclic) bond motifs is 3. The maximum Gasteiger partial charge on any atom is 0.410 e. The van der Waals surface area contributed by atoms with Crippen LogP contribution in [-0.2, 0) is 37.0 Å². The van der Waals surface area contributed by atoms with Crippen LogP contribution in [0.3, 0.4) is 0 Å². The van der Waals surface area contributed by atoms with Crippen molar-refractivity contribution >= 4 is 29.8 Å². The number of amides is 4. The second-order valence-corrected chi connectivity index (χ2v) is 12.3.